The van der Waals surface area contributed by atoms with Crippen LogP contribution in [-0.4, -0.2) is 10.9 Å². The van der Waals surface area contributed by atoms with Crippen LogP contribution in [0.1, 0.15) is 13.3 Å². The summed E-state index contributed by atoms with van der Waals surface area (Å²) in [5.41, 5.74) is 1.56. The maximum Gasteiger partial charge on any atom is 0.229 e. The Labute approximate surface area is 130 Å². The van der Waals surface area contributed by atoms with E-state index in [0.29, 0.717) is 21.1 Å². The normalized spacial score (nSPS) is 20.8. The van der Waals surface area contributed by atoms with Gasteiger partial charge in [0.1, 0.15) is 0 Å². The molecule has 20 heavy (non-hydrogen) atoms. The smallest absolute Gasteiger partial charge is 0.229 e. The van der Waals surface area contributed by atoms with Crippen molar-refractivity contribution in [3.05, 3.63) is 33.6 Å². The summed E-state index contributed by atoms with van der Waals surface area (Å²) >= 11 is 13.4. The number of anilines is 1. The molecule has 1 aromatic carbocycles. The molecule has 1 aliphatic carbocycles. The van der Waals surface area contributed by atoms with E-state index in [4.69, 9.17) is 23.2 Å². The molecule has 1 aliphatic rings. The Morgan fingerprint density at radius 3 is 2.85 bits per heavy atom. The second kappa shape index (κ2) is 5.35. The Hall–Kier alpha value is -1.10. The number of nitrogens with zero attached hydrogens (tertiary/aromatic N) is 1. The predicted molar refractivity (Wildman–Crippen MR) is 83.5 cm³/mol. The van der Waals surface area contributed by atoms with Crippen molar-refractivity contribution in [3.8, 4) is 11.3 Å². The van der Waals surface area contributed by atoms with Gasteiger partial charge in [-0.15, -0.1) is 11.3 Å². The van der Waals surface area contributed by atoms with Gasteiger partial charge in [0, 0.05) is 21.9 Å². The molecular weight excluding hydrogens is 315 g/mol. The largest absolute Gasteiger partial charge is 0.302 e. The summed E-state index contributed by atoms with van der Waals surface area (Å²) in [7, 11) is 0. The van der Waals surface area contributed by atoms with Gasteiger partial charge in [0.05, 0.1) is 10.7 Å². The van der Waals surface area contributed by atoms with Crippen LogP contribution < -0.4 is 5.32 Å². The Balaban J connectivity index is 1.78. The SMILES string of the molecule is CC1CC1C(=O)Nc1nc(-c2ccc(Cl)cc2Cl)cs1. The third-order valence-electron chi connectivity index (χ3n) is 3.39. The van der Waals surface area contributed by atoms with Crippen LogP contribution in [0.15, 0.2) is 23.6 Å². The molecule has 1 saturated carbocycles. The van der Waals surface area contributed by atoms with Crippen LogP contribution >= 0.6 is 34.5 Å². The third kappa shape index (κ3) is 2.82. The second-order valence-electron chi connectivity index (χ2n) is 4.97. The molecule has 2 aromatic rings. The van der Waals surface area contributed by atoms with Crippen molar-refractivity contribution in [1.29, 1.82) is 0 Å². The lowest BCUT2D eigenvalue weighted by molar-refractivity contribution is -0.117. The van der Waals surface area contributed by atoms with Crippen molar-refractivity contribution in [2.24, 2.45) is 11.8 Å². The summed E-state index contributed by atoms with van der Waals surface area (Å²) in [6.07, 6.45) is 0.965. The van der Waals surface area contributed by atoms with Crippen LogP contribution in [0.4, 0.5) is 5.13 Å². The number of thiazole rings is 1. The molecule has 0 aliphatic heterocycles. The number of halogens is 2. The van der Waals surface area contributed by atoms with Gasteiger partial charge < -0.3 is 5.32 Å². The average Bonchev–Trinajstić information content (AvgIpc) is 2.95. The minimum Gasteiger partial charge on any atom is -0.302 e. The number of hydrogen-bond acceptors (Lipinski definition) is 3. The molecule has 104 valence electrons. The van der Waals surface area contributed by atoms with E-state index in [9.17, 15) is 4.79 Å². The van der Waals surface area contributed by atoms with Gasteiger partial charge in [-0.2, -0.15) is 0 Å². The number of rotatable bonds is 3. The second-order valence-corrected chi connectivity index (χ2v) is 6.67. The first-order valence-electron chi connectivity index (χ1n) is 6.26. The van der Waals surface area contributed by atoms with Crippen molar-refractivity contribution < 1.29 is 4.79 Å². The third-order valence-corrected chi connectivity index (χ3v) is 4.69. The maximum absolute atomic E-state index is 11.9. The van der Waals surface area contributed by atoms with Crippen LogP contribution in [0.25, 0.3) is 11.3 Å². The summed E-state index contributed by atoms with van der Waals surface area (Å²) in [4.78, 5) is 16.3. The maximum atomic E-state index is 11.9. The lowest BCUT2D eigenvalue weighted by atomic mass is 10.2. The zero-order valence-electron chi connectivity index (χ0n) is 10.7. The summed E-state index contributed by atoms with van der Waals surface area (Å²) in [6, 6.07) is 5.28. The first kappa shape index (κ1) is 13.9. The fourth-order valence-corrected chi connectivity index (χ4v) is 3.26. The zero-order valence-corrected chi connectivity index (χ0v) is 13.0. The lowest BCUT2D eigenvalue weighted by Gasteiger charge is -2.01. The highest BCUT2D eigenvalue weighted by molar-refractivity contribution is 7.14. The van der Waals surface area contributed by atoms with Crippen LogP contribution in [0.3, 0.4) is 0 Å². The molecule has 3 nitrogen and oxygen atoms in total. The number of nitrogens with one attached hydrogen (secondary N) is 1. The fraction of sp³-hybridized carbons (Fsp3) is 0.286. The number of amides is 1. The van der Waals surface area contributed by atoms with Gasteiger partial charge in [-0.05, 0) is 30.5 Å². The standard InChI is InChI=1S/C14H12Cl2N2OS/c1-7-4-10(7)13(19)18-14-17-12(6-20-14)9-3-2-8(15)5-11(9)16/h2-3,5-7,10H,4H2,1H3,(H,17,18,19). The number of aromatic nitrogens is 1. The average molecular weight is 327 g/mol. The molecule has 0 spiro atoms. The highest BCUT2D eigenvalue weighted by atomic mass is 35.5. The number of carbonyl (C=O) groups excluding carboxylic acids is 1. The van der Waals surface area contributed by atoms with Gasteiger partial charge in [0.2, 0.25) is 5.91 Å². The topological polar surface area (TPSA) is 42.0 Å². The van der Waals surface area contributed by atoms with E-state index in [2.05, 4.69) is 17.2 Å². The van der Waals surface area contributed by atoms with Crippen LogP contribution in [0.5, 0.6) is 0 Å². The molecule has 1 N–H and O–H groups in total. The lowest BCUT2D eigenvalue weighted by Crippen LogP contribution is -2.14. The van der Waals surface area contributed by atoms with Gasteiger partial charge in [0.15, 0.2) is 5.13 Å². The van der Waals surface area contributed by atoms with E-state index < -0.39 is 0 Å². The van der Waals surface area contributed by atoms with Crippen molar-refractivity contribution in [2.75, 3.05) is 5.32 Å². The first-order valence-corrected chi connectivity index (χ1v) is 7.90. The van der Waals surface area contributed by atoms with Gasteiger partial charge in [-0.3, -0.25) is 4.79 Å². The number of carbonyl (C=O) groups is 1. The molecular formula is C14H12Cl2N2OS. The predicted octanol–water partition coefficient (Wildman–Crippen LogP) is 4.71. The molecule has 1 amide bonds. The molecule has 6 heteroatoms. The van der Waals surface area contributed by atoms with E-state index in [0.717, 1.165) is 17.7 Å². The van der Waals surface area contributed by atoms with Gasteiger partial charge in [-0.1, -0.05) is 30.1 Å². The summed E-state index contributed by atoms with van der Waals surface area (Å²) in [5, 5.41) is 6.48. The van der Waals surface area contributed by atoms with Crippen LogP contribution in [0.2, 0.25) is 10.0 Å². The van der Waals surface area contributed by atoms with Crippen LogP contribution in [-0.2, 0) is 4.79 Å². The monoisotopic (exact) mass is 326 g/mol. The van der Waals surface area contributed by atoms with Crippen molar-refractivity contribution in [3.63, 3.8) is 0 Å². The molecule has 0 saturated heterocycles. The molecule has 1 fully saturated rings. The highest BCUT2D eigenvalue weighted by Crippen LogP contribution is 2.39. The Kier molecular flexibility index (Phi) is 3.71. The molecule has 1 heterocycles. The molecule has 1 aromatic heterocycles. The molecule has 2 unspecified atom stereocenters. The highest BCUT2D eigenvalue weighted by Gasteiger charge is 2.39. The molecule has 2 atom stereocenters. The molecule has 3 rings (SSSR count). The first-order chi connectivity index (χ1) is 9.54. The summed E-state index contributed by atoms with van der Waals surface area (Å²) in [5.74, 6) is 0.683. The summed E-state index contributed by atoms with van der Waals surface area (Å²) in [6.45, 7) is 2.07. The number of benzene rings is 1. The molecule has 0 bridgehead atoms. The van der Waals surface area contributed by atoms with E-state index in [1.807, 2.05) is 11.4 Å². The van der Waals surface area contributed by atoms with Crippen LogP contribution in [0, 0.1) is 11.8 Å². The van der Waals surface area contributed by atoms with Crippen molar-refractivity contribution in [1.82, 2.24) is 4.98 Å². The van der Waals surface area contributed by atoms with E-state index in [1.165, 1.54) is 11.3 Å². The fourth-order valence-electron chi connectivity index (χ4n) is 2.04. The van der Waals surface area contributed by atoms with Gasteiger partial charge >= 0.3 is 0 Å². The molecule has 0 radical (unpaired) electrons. The minimum atomic E-state index is 0.0561. The van der Waals surface area contributed by atoms with Gasteiger partial charge in [0.25, 0.3) is 0 Å². The van der Waals surface area contributed by atoms with E-state index >= 15 is 0 Å². The van der Waals surface area contributed by atoms with E-state index in [1.54, 1.807) is 12.1 Å². The van der Waals surface area contributed by atoms with Crippen molar-refractivity contribution >= 4 is 45.6 Å². The zero-order chi connectivity index (χ0) is 14.3. The number of hydrogen-bond donors (Lipinski definition) is 1. The van der Waals surface area contributed by atoms with Crippen molar-refractivity contribution in [2.45, 2.75) is 13.3 Å². The minimum absolute atomic E-state index is 0.0561. The Bertz CT molecular complexity index is 671. The Morgan fingerprint density at radius 1 is 1.45 bits per heavy atom. The quantitative estimate of drug-likeness (QED) is 0.887. The van der Waals surface area contributed by atoms with E-state index in [-0.39, 0.29) is 11.8 Å². The Morgan fingerprint density at radius 2 is 2.20 bits per heavy atom. The summed E-state index contributed by atoms with van der Waals surface area (Å²) < 4.78 is 0. The van der Waals surface area contributed by atoms with Gasteiger partial charge in [-0.25, -0.2) is 4.98 Å².